The fourth-order valence-electron chi connectivity index (χ4n) is 2.15. The lowest BCUT2D eigenvalue weighted by atomic mass is 10.0. The Morgan fingerprint density at radius 3 is 2.56 bits per heavy atom. The molecule has 0 radical (unpaired) electrons. The number of hydrogen-bond donors (Lipinski definition) is 0. The number of carboxylic acid groups (broad SMARTS) is 1. The van der Waals surface area contributed by atoms with Crippen molar-refractivity contribution in [3.63, 3.8) is 0 Å². The Labute approximate surface area is 97.7 Å². The molecule has 0 saturated heterocycles. The molecular formula is C10H8O4PS-3. The van der Waals surface area contributed by atoms with Gasteiger partial charge in [0.05, 0.1) is 0 Å². The molecule has 0 bridgehead atoms. The number of rotatable bonds is 2. The van der Waals surface area contributed by atoms with Gasteiger partial charge in [0.1, 0.15) is 0 Å². The first-order chi connectivity index (χ1) is 7.41. The summed E-state index contributed by atoms with van der Waals surface area (Å²) in [5, 5.41) is 11.0. The molecule has 0 saturated carbocycles. The van der Waals surface area contributed by atoms with E-state index in [4.69, 9.17) is 0 Å². The molecule has 0 heterocycles. The van der Waals surface area contributed by atoms with E-state index in [2.05, 4.69) is 11.8 Å². The summed E-state index contributed by atoms with van der Waals surface area (Å²) in [6.07, 6.45) is 0.166. The molecular weight excluding hydrogens is 247 g/mol. The van der Waals surface area contributed by atoms with E-state index in [1.165, 1.54) is 0 Å². The number of aliphatic carboxylic acids is 1. The smallest absolute Gasteiger partial charge is 0.0495 e. The average Bonchev–Trinajstić information content (AvgIpc) is 2.55. The second kappa shape index (κ2) is 3.93. The predicted octanol–water partition coefficient (Wildman–Crippen LogP) is -1.53. The second-order valence-electron chi connectivity index (χ2n) is 3.81. The van der Waals surface area contributed by atoms with Crippen LogP contribution in [0.15, 0.2) is 24.3 Å². The first-order valence-electron chi connectivity index (χ1n) is 4.71. The van der Waals surface area contributed by atoms with Crippen LogP contribution < -0.4 is 14.9 Å². The lowest BCUT2D eigenvalue weighted by Gasteiger charge is -2.44. The molecule has 2 unspecified atom stereocenters. The summed E-state index contributed by atoms with van der Waals surface area (Å²) in [5.74, 6) is -2.51. The first kappa shape index (κ1) is 11.7. The third-order valence-corrected chi connectivity index (χ3v) is 4.97. The van der Waals surface area contributed by atoms with Crippen molar-refractivity contribution in [1.82, 2.24) is 0 Å². The van der Waals surface area contributed by atoms with Crippen LogP contribution in [0.3, 0.4) is 0 Å². The zero-order valence-electron chi connectivity index (χ0n) is 8.16. The Kier molecular flexibility index (Phi) is 2.88. The highest BCUT2D eigenvalue weighted by Crippen LogP contribution is 2.48. The molecule has 4 nitrogen and oxygen atoms in total. The molecule has 1 aromatic carbocycles. The first-order valence-corrected chi connectivity index (χ1v) is 7.42. The lowest BCUT2D eigenvalue weighted by Crippen LogP contribution is -2.38. The predicted molar refractivity (Wildman–Crippen MR) is 56.0 cm³/mol. The van der Waals surface area contributed by atoms with Gasteiger partial charge in [-0.2, -0.15) is 0 Å². The molecule has 2 atom stereocenters. The van der Waals surface area contributed by atoms with E-state index >= 15 is 0 Å². The summed E-state index contributed by atoms with van der Waals surface area (Å²) in [7, 11) is 0. The van der Waals surface area contributed by atoms with E-state index in [-0.39, 0.29) is 6.42 Å². The van der Waals surface area contributed by atoms with Gasteiger partial charge in [0.15, 0.2) is 0 Å². The monoisotopic (exact) mass is 255 g/mol. The number of hydrogen-bond acceptors (Lipinski definition) is 5. The van der Waals surface area contributed by atoms with Crippen LogP contribution in [0.4, 0.5) is 0 Å². The minimum Gasteiger partial charge on any atom is -0.832 e. The highest BCUT2D eigenvalue weighted by Gasteiger charge is 2.33. The highest BCUT2D eigenvalue weighted by atomic mass is 32.5. The molecule has 1 aliphatic carbocycles. The molecule has 0 N–H and O–H groups in total. The zero-order chi connectivity index (χ0) is 11.9. The molecule has 6 heteroatoms. The number of fused-ring (bicyclic) bond motifs is 1. The van der Waals surface area contributed by atoms with Crippen molar-refractivity contribution in [2.24, 2.45) is 0 Å². The molecule has 1 aliphatic rings. The quantitative estimate of drug-likeness (QED) is 0.599. The van der Waals surface area contributed by atoms with Crippen LogP contribution in [0, 0.1) is 0 Å². The van der Waals surface area contributed by atoms with Gasteiger partial charge in [0.25, 0.3) is 0 Å². The van der Waals surface area contributed by atoms with Crippen molar-refractivity contribution >= 4 is 24.3 Å². The standard InChI is InChI=1S/C10H11O4PS/c11-10(12)9-7-4-2-1-3-6(7)5-8(9)15(13,14)16/h1-4,8-9H,5H2,(H,11,12)(H2,13,14,16)/p-3. The molecule has 0 amide bonds. The fourth-order valence-corrected chi connectivity index (χ4v) is 3.81. The fraction of sp³-hybridized carbons (Fsp3) is 0.300. The second-order valence-corrected chi connectivity index (χ2v) is 7.08. The maximum Gasteiger partial charge on any atom is 0.0495 e. The van der Waals surface area contributed by atoms with Crippen molar-refractivity contribution in [3.05, 3.63) is 35.4 Å². The Morgan fingerprint density at radius 2 is 2.00 bits per heavy atom. The number of carbonyl (C=O) groups is 1. The zero-order valence-corrected chi connectivity index (χ0v) is 9.87. The van der Waals surface area contributed by atoms with E-state index in [1.54, 1.807) is 24.3 Å². The summed E-state index contributed by atoms with van der Waals surface area (Å²) in [6.45, 7) is -4.09. The lowest BCUT2D eigenvalue weighted by molar-refractivity contribution is -0.313. The number of carbonyl (C=O) groups excluding carboxylic acids is 1. The highest BCUT2D eigenvalue weighted by molar-refractivity contribution is 8.08. The summed E-state index contributed by atoms with van der Waals surface area (Å²) >= 11 is 4.40. The third kappa shape index (κ3) is 1.92. The van der Waals surface area contributed by atoms with E-state index in [0.717, 1.165) is 5.56 Å². The van der Waals surface area contributed by atoms with Crippen molar-refractivity contribution in [2.45, 2.75) is 18.0 Å². The molecule has 86 valence electrons. The van der Waals surface area contributed by atoms with Crippen LogP contribution in [0.25, 0.3) is 0 Å². The Hall–Kier alpha value is -0.740. The van der Waals surface area contributed by atoms with Gasteiger partial charge in [0.2, 0.25) is 0 Å². The molecule has 0 spiro atoms. The topological polar surface area (TPSA) is 86.2 Å². The third-order valence-electron chi connectivity index (χ3n) is 2.86. The number of carboxylic acids is 1. The molecule has 0 fully saturated rings. The van der Waals surface area contributed by atoms with Crippen LogP contribution in [0.1, 0.15) is 17.0 Å². The Balaban J connectivity index is 2.50. The van der Waals surface area contributed by atoms with Crippen molar-refractivity contribution in [1.29, 1.82) is 0 Å². The van der Waals surface area contributed by atoms with Crippen LogP contribution >= 0.6 is 6.49 Å². The summed E-state index contributed by atoms with van der Waals surface area (Å²) in [4.78, 5) is 33.7. The molecule has 1 aromatic rings. The SMILES string of the molecule is O=C([O-])C1c2ccccc2CC1P([O-])([O-])=S. The van der Waals surface area contributed by atoms with E-state index < -0.39 is 24.0 Å². The normalized spacial score (nSPS) is 24.1. The van der Waals surface area contributed by atoms with Crippen molar-refractivity contribution in [3.8, 4) is 0 Å². The van der Waals surface area contributed by atoms with Gasteiger partial charge in [-0.25, -0.2) is 6.49 Å². The maximum atomic E-state index is 11.4. The Bertz CT molecular complexity index is 481. The Morgan fingerprint density at radius 1 is 1.38 bits per heavy atom. The molecule has 0 aromatic heterocycles. The van der Waals surface area contributed by atoms with Crippen LogP contribution in [0.2, 0.25) is 0 Å². The van der Waals surface area contributed by atoms with E-state index in [9.17, 15) is 19.7 Å². The largest absolute Gasteiger partial charge is 0.832 e. The van der Waals surface area contributed by atoms with Crippen molar-refractivity contribution < 1.29 is 19.7 Å². The summed E-state index contributed by atoms with van der Waals surface area (Å²) < 4.78 is 0. The molecule has 2 rings (SSSR count). The van der Waals surface area contributed by atoms with Crippen LogP contribution in [-0.2, 0) is 23.0 Å². The van der Waals surface area contributed by atoms with Gasteiger partial charge in [-0.3, -0.25) is 0 Å². The minimum atomic E-state index is -4.09. The van der Waals surface area contributed by atoms with Gasteiger partial charge in [0, 0.05) is 11.9 Å². The van der Waals surface area contributed by atoms with Crippen LogP contribution in [0.5, 0.6) is 0 Å². The van der Waals surface area contributed by atoms with Gasteiger partial charge in [-0.1, -0.05) is 24.3 Å². The summed E-state index contributed by atoms with van der Waals surface area (Å²) in [6, 6.07) is 6.75. The average molecular weight is 255 g/mol. The molecule has 0 aliphatic heterocycles. The van der Waals surface area contributed by atoms with E-state index in [1.807, 2.05) is 0 Å². The number of benzene rings is 1. The summed E-state index contributed by atoms with van der Waals surface area (Å²) in [5.41, 5.74) is 0.181. The maximum absolute atomic E-state index is 11.4. The van der Waals surface area contributed by atoms with Crippen molar-refractivity contribution in [2.75, 3.05) is 0 Å². The van der Waals surface area contributed by atoms with Crippen LogP contribution in [-0.4, -0.2) is 11.6 Å². The van der Waals surface area contributed by atoms with Gasteiger partial charge < -0.3 is 19.7 Å². The minimum absolute atomic E-state index is 0.166. The van der Waals surface area contributed by atoms with Gasteiger partial charge in [-0.15, -0.1) is 11.8 Å². The van der Waals surface area contributed by atoms with Gasteiger partial charge >= 0.3 is 0 Å². The van der Waals surface area contributed by atoms with E-state index in [0.29, 0.717) is 5.56 Å². The molecule has 16 heavy (non-hydrogen) atoms. The van der Waals surface area contributed by atoms with Gasteiger partial charge in [-0.05, 0) is 23.2 Å².